The van der Waals surface area contributed by atoms with E-state index in [2.05, 4.69) is 4.99 Å². The lowest BCUT2D eigenvalue weighted by Gasteiger charge is -2.06. The van der Waals surface area contributed by atoms with Crippen molar-refractivity contribution in [2.45, 2.75) is 6.04 Å². The van der Waals surface area contributed by atoms with Gasteiger partial charge in [0.05, 0.1) is 12.3 Å². The topological polar surface area (TPSA) is 102 Å². The van der Waals surface area contributed by atoms with E-state index in [1.807, 2.05) is 54.6 Å². The van der Waals surface area contributed by atoms with E-state index in [0.717, 1.165) is 16.8 Å². The first kappa shape index (κ1) is 14.7. The van der Waals surface area contributed by atoms with Gasteiger partial charge in [-0.15, -0.1) is 0 Å². The second-order valence-electron chi connectivity index (χ2n) is 4.69. The second kappa shape index (κ2) is 6.67. The molecule has 5 N–H and O–H groups in total. The molecule has 5 heteroatoms. The number of rotatable bonds is 4. The summed E-state index contributed by atoms with van der Waals surface area (Å²) in [5.41, 5.74) is 14.6. The van der Waals surface area contributed by atoms with Gasteiger partial charge >= 0.3 is 5.97 Å². The van der Waals surface area contributed by atoms with E-state index in [9.17, 15) is 4.79 Å². The van der Waals surface area contributed by atoms with Crippen LogP contribution in [0.1, 0.15) is 5.56 Å². The monoisotopic (exact) mass is 283 g/mol. The van der Waals surface area contributed by atoms with Crippen molar-refractivity contribution < 1.29 is 9.90 Å². The summed E-state index contributed by atoms with van der Waals surface area (Å²) in [6.07, 6.45) is 9.52. The minimum absolute atomic E-state index is 0.0658. The van der Waals surface area contributed by atoms with Crippen molar-refractivity contribution in [2.24, 2.45) is 10.7 Å². The van der Waals surface area contributed by atoms with Crippen molar-refractivity contribution >= 4 is 23.4 Å². The number of anilines is 1. The number of nitrogens with zero attached hydrogens (tertiary/aromatic N) is 1. The molecular weight excluding hydrogens is 266 g/mol. The molecule has 0 saturated carbocycles. The van der Waals surface area contributed by atoms with Gasteiger partial charge in [0.15, 0.2) is 0 Å². The number of nitrogens with two attached hydrogens (primary N) is 2. The molecule has 0 spiro atoms. The van der Waals surface area contributed by atoms with Gasteiger partial charge in [-0.05, 0) is 41.5 Å². The molecule has 0 fully saturated rings. The smallest absolute Gasteiger partial charge is 0.322 e. The van der Waals surface area contributed by atoms with E-state index >= 15 is 0 Å². The Kier molecular flexibility index (Phi) is 4.68. The Morgan fingerprint density at radius 1 is 1.19 bits per heavy atom. The Bertz CT molecular complexity index is 622. The van der Waals surface area contributed by atoms with E-state index in [0.29, 0.717) is 5.71 Å². The Morgan fingerprint density at radius 2 is 1.81 bits per heavy atom. The molecule has 0 heterocycles. The van der Waals surface area contributed by atoms with Crippen LogP contribution in [-0.2, 0) is 4.79 Å². The molecule has 0 unspecified atom stereocenters. The summed E-state index contributed by atoms with van der Waals surface area (Å²) < 4.78 is 0. The summed E-state index contributed by atoms with van der Waals surface area (Å²) in [7, 11) is 0. The highest BCUT2D eigenvalue weighted by molar-refractivity contribution is 6.06. The SMILES string of the molecule is Nc1ccc(C=C2C=CC(=NC[C@H](N)C(=O)O)C=C2)cc1. The van der Waals surface area contributed by atoms with Crippen molar-refractivity contribution in [2.75, 3.05) is 12.3 Å². The maximum absolute atomic E-state index is 10.6. The maximum Gasteiger partial charge on any atom is 0.322 e. The highest BCUT2D eigenvalue weighted by Crippen LogP contribution is 2.14. The van der Waals surface area contributed by atoms with Crippen LogP contribution in [0.4, 0.5) is 5.69 Å². The van der Waals surface area contributed by atoms with Crippen LogP contribution in [0.2, 0.25) is 0 Å². The summed E-state index contributed by atoms with van der Waals surface area (Å²) in [6, 6.07) is 6.62. The number of carbonyl (C=O) groups is 1. The molecule has 1 aromatic rings. The van der Waals surface area contributed by atoms with Gasteiger partial charge in [0.2, 0.25) is 0 Å². The predicted octanol–water partition coefficient (Wildman–Crippen LogP) is 1.63. The summed E-state index contributed by atoms with van der Waals surface area (Å²) in [6.45, 7) is 0.0658. The normalized spacial score (nSPS) is 14.9. The van der Waals surface area contributed by atoms with Gasteiger partial charge in [-0.3, -0.25) is 9.79 Å². The third kappa shape index (κ3) is 4.43. The molecule has 0 saturated heterocycles. The zero-order chi connectivity index (χ0) is 15.2. The number of benzene rings is 1. The summed E-state index contributed by atoms with van der Waals surface area (Å²) in [5.74, 6) is -1.05. The average Bonchev–Trinajstić information content (AvgIpc) is 2.48. The van der Waals surface area contributed by atoms with Crippen LogP contribution >= 0.6 is 0 Å². The molecule has 2 rings (SSSR count). The lowest BCUT2D eigenvalue weighted by Crippen LogP contribution is -2.33. The first-order valence-electron chi connectivity index (χ1n) is 6.51. The lowest BCUT2D eigenvalue weighted by molar-refractivity contribution is -0.138. The molecule has 1 aromatic carbocycles. The molecule has 108 valence electrons. The van der Waals surface area contributed by atoms with Crippen molar-refractivity contribution in [3.05, 3.63) is 59.7 Å². The van der Waals surface area contributed by atoms with E-state index in [1.165, 1.54) is 0 Å². The fourth-order valence-electron chi connectivity index (χ4n) is 1.74. The van der Waals surface area contributed by atoms with Gasteiger partial charge in [-0.25, -0.2) is 0 Å². The van der Waals surface area contributed by atoms with E-state index in [-0.39, 0.29) is 6.54 Å². The third-order valence-corrected chi connectivity index (χ3v) is 2.95. The molecule has 1 aliphatic rings. The Morgan fingerprint density at radius 3 is 2.38 bits per heavy atom. The molecule has 0 aliphatic heterocycles. The van der Waals surface area contributed by atoms with Crippen LogP contribution in [0.25, 0.3) is 6.08 Å². The minimum Gasteiger partial charge on any atom is -0.480 e. The number of allylic oxidation sites excluding steroid dienone is 5. The average molecular weight is 283 g/mol. The Balaban J connectivity index is 2.02. The van der Waals surface area contributed by atoms with Crippen LogP contribution < -0.4 is 11.5 Å². The molecule has 0 amide bonds. The van der Waals surface area contributed by atoms with Crippen LogP contribution in [0.15, 0.2) is 59.1 Å². The molecule has 1 aliphatic carbocycles. The van der Waals surface area contributed by atoms with Gasteiger partial charge in [0, 0.05) is 5.69 Å². The number of nitrogen functional groups attached to an aromatic ring is 1. The number of aliphatic carboxylic acids is 1. The lowest BCUT2D eigenvalue weighted by atomic mass is 10.0. The van der Waals surface area contributed by atoms with E-state index in [4.69, 9.17) is 16.6 Å². The number of carboxylic acid groups (broad SMARTS) is 1. The third-order valence-electron chi connectivity index (χ3n) is 2.95. The van der Waals surface area contributed by atoms with Crippen molar-refractivity contribution in [1.82, 2.24) is 0 Å². The molecule has 5 nitrogen and oxygen atoms in total. The molecule has 0 bridgehead atoms. The number of hydrogen-bond donors (Lipinski definition) is 3. The zero-order valence-corrected chi connectivity index (χ0v) is 11.4. The quantitative estimate of drug-likeness (QED) is 0.731. The molecule has 0 aromatic heterocycles. The van der Waals surface area contributed by atoms with E-state index in [1.54, 1.807) is 0 Å². The van der Waals surface area contributed by atoms with Gasteiger partial charge in [0.25, 0.3) is 0 Å². The number of aliphatic imine (C=N–C) groups is 1. The Labute approximate surface area is 123 Å². The fourth-order valence-corrected chi connectivity index (χ4v) is 1.74. The molecule has 1 atom stereocenters. The van der Waals surface area contributed by atoms with Crippen molar-refractivity contribution in [3.8, 4) is 0 Å². The van der Waals surface area contributed by atoms with Crippen LogP contribution in [0.5, 0.6) is 0 Å². The molecule has 0 radical (unpaired) electrons. The Hall–Kier alpha value is -2.66. The van der Waals surface area contributed by atoms with Gasteiger partial charge in [-0.2, -0.15) is 0 Å². The van der Waals surface area contributed by atoms with Crippen LogP contribution in [-0.4, -0.2) is 29.4 Å². The number of carboxylic acids is 1. The van der Waals surface area contributed by atoms with Crippen molar-refractivity contribution in [1.29, 1.82) is 0 Å². The fraction of sp³-hybridized carbons (Fsp3) is 0.125. The first-order valence-corrected chi connectivity index (χ1v) is 6.51. The highest BCUT2D eigenvalue weighted by atomic mass is 16.4. The van der Waals surface area contributed by atoms with Crippen LogP contribution in [0, 0.1) is 0 Å². The van der Waals surface area contributed by atoms with Gasteiger partial charge in [-0.1, -0.05) is 24.3 Å². The largest absolute Gasteiger partial charge is 0.480 e. The van der Waals surface area contributed by atoms with Gasteiger partial charge < -0.3 is 16.6 Å². The maximum atomic E-state index is 10.6. The summed E-state index contributed by atoms with van der Waals surface area (Å²) >= 11 is 0. The zero-order valence-electron chi connectivity index (χ0n) is 11.4. The standard InChI is InChI=1S/C16H17N3O2/c17-13-5-1-11(2-6-13)9-12-3-7-14(8-4-12)19-10-15(18)16(20)21/h1-9,15H,10,17-18H2,(H,20,21)/t15-/m0/s1. The summed E-state index contributed by atoms with van der Waals surface area (Å²) in [4.78, 5) is 14.8. The first-order chi connectivity index (χ1) is 10.0. The highest BCUT2D eigenvalue weighted by Gasteiger charge is 2.10. The number of hydrogen-bond acceptors (Lipinski definition) is 4. The van der Waals surface area contributed by atoms with Crippen molar-refractivity contribution in [3.63, 3.8) is 0 Å². The summed E-state index contributed by atoms with van der Waals surface area (Å²) in [5, 5.41) is 8.69. The molecular formula is C16H17N3O2. The predicted molar refractivity (Wildman–Crippen MR) is 85.0 cm³/mol. The molecule has 21 heavy (non-hydrogen) atoms. The second-order valence-corrected chi connectivity index (χ2v) is 4.69. The van der Waals surface area contributed by atoms with Gasteiger partial charge in [0.1, 0.15) is 6.04 Å². The van der Waals surface area contributed by atoms with Crippen LogP contribution in [0.3, 0.4) is 0 Å². The minimum atomic E-state index is -1.05. The van der Waals surface area contributed by atoms with E-state index < -0.39 is 12.0 Å².